The maximum atomic E-state index is 12.6. The molecule has 0 aromatic carbocycles. The van der Waals surface area contributed by atoms with Gasteiger partial charge in [0, 0.05) is 23.5 Å². The quantitative estimate of drug-likeness (QED) is 0.454. The number of aliphatic imine (C=N–C) groups is 2. The molecule has 0 saturated heterocycles. The van der Waals surface area contributed by atoms with Gasteiger partial charge in [0.15, 0.2) is 5.82 Å². The molecule has 9 nitrogen and oxygen atoms in total. The van der Waals surface area contributed by atoms with Gasteiger partial charge >= 0.3 is 6.18 Å². The minimum absolute atomic E-state index is 0.121. The lowest BCUT2D eigenvalue weighted by molar-refractivity contribution is -0.141. The molecular weight excluding hydrogens is 413 g/mol. The van der Waals surface area contributed by atoms with Gasteiger partial charge in [-0.2, -0.15) is 18.2 Å². The lowest BCUT2D eigenvalue weighted by atomic mass is 9.96. The van der Waals surface area contributed by atoms with Crippen LogP contribution in [0.5, 0.6) is 0 Å². The minimum Gasteiger partial charge on any atom is -0.346 e. The summed E-state index contributed by atoms with van der Waals surface area (Å²) in [5.74, 6) is 0.343. The fraction of sp³-hybridized carbons (Fsp3) is 0.474. The fourth-order valence-corrected chi connectivity index (χ4v) is 3.45. The van der Waals surface area contributed by atoms with E-state index < -0.39 is 24.2 Å². The first-order valence-electron chi connectivity index (χ1n) is 9.75. The van der Waals surface area contributed by atoms with Gasteiger partial charge in [0.2, 0.25) is 11.9 Å². The van der Waals surface area contributed by atoms with E-state index in [9.17, 15) is 18.0 Å². The highest BCUT2D eigenvalue weighted by Gasteiger charge is 2.43. The van der Waals surface area contributed by atoms with Crippen molar-refractivity contribution in [2.24, 2.45) is 9.98 Å². The van der Waals surface area contributed by atoms with Crippen LogP contribution in [0.3, 0.4) is 0 Å². The molecule has 0 atom stereocenters. The summed E-state index contributed by atoms with van der Waals surface area (Å²) in [7, 11) is 0. The molecule has 1 fully saturated rings. The van der Waals surface area contributed by atoms with Gasteiger partial charge in [-0.3, -0.25) is 4.79 Å². The molecule has 3 N–H and O–H groups in total. The molecule has 2 heterocycles. The number of rotatable bonds is 7. The topological polar surface area (TPSA) is 120 Å². The molecule has 12 heteroatoms. The zero-order valence-electron chi connectivity index (χ0n) is 17.1. The number of nitrogens with one attached hydrogen (secondary N) is 3. The number of nitrogens with zero attached hydrogens (tertiary/aromatic N) is 5. The van der Waals surface area contributed by atoms with E-state index in [-0.39, 0.29) is 5.95 Å². The smallest absolute Gasteiger partial charge is 0.346 e. The third kappa shape index (κ3) is 5.44. The third-order valence-electron chi connectivity index (χ3n) is 5.02. The molecular formula is C19H23F3N8O. The van der Waals surface area contributed by atoms with Crippen molar-refractivity contribution in [1.29, 1.82) is 0 Å². The Labute approximate surface area is 176 Å². The van der Waals surface area contributed by atoms with Crippen molar-refractivity contribution >= 4 is 30.2 Å². The summed E-state index contributed by atoms with van der Waals surface area (Å²) in [6.07, 6.45) is 3.71. The van der Waals surface area contributed by atoms with Gasteiger partial charge in [-0.05, 0) is 26.7 Å². The second kappa shape index (κ2) is 9.23. The van der Waals surface area contributed by atoms with Gasteiger partial charge in [-0.1, -0.05) is 12.8 Å². The predicted molar refractivity (Wildman–Crippen MR) is 111 cm³/mol. The Morgan fingerprint density at radius 3 is 2.74 bits per heavy atom. The number of halogens is 3. The number of amides is 1. The summed E-state index contributed by atoms with van der Waals surface area (Å²) >= 11 is 0. The highest BCUT2D eigenvalue weighted by atomic mass is 19.4. The number of anilines is 1. The molecule has 1 aliphatic carbocycles. The predicted octanol–water partition coefficient (Wildman–Crippen LogP) is 3.33. The van der Waals surface area contributed by atoms with Crippen LogP contribution < -0.4 is 10.6 Å². The molecule has 1 amide bonds. The van der Waals surface area contributed by atoms with Gasteiger partial charge in [-0.15, -0.1) is 0 Å². The van der Waals surface area contributed by atoms with Crippen LogP contribution in [-0.4, -0.2) is 56.7 Å². The maximum Gasteiger partial charge on any atom is 0.405 e. The zero-order valence-corrected chi connectivity index (χ0v) is 17.1. The molecule has 2 aromatic rings. The van der Waals surface area contributed by atoms with Gasteiger partial charge in [0.25, 0.3) is 0 Å². The molecule has 0 unspecified atom stereocenters. The molecule has 0 bridgehead atoms. The maximum absolute atomic E-state index is 12.6. The summed E-state index contributed by atoms with van der Waals surface area (Å²) in [6, 6.07) is 0. The highest BCUT2D eigenvalue weighted by Crippen LogP contribution is 2.34. The number of aromatic amines is 1. The standard InChI is InChI=1S/C19H23F3N8O/c1-3-23-10-26-14-12(2)13(8-24-14)15-27-11-28-17(29-15)30-18(6-4-5-7-18)16(31)25-9-19(20,21)22/h3,8,10-11,24H,4-7,9H2,1-2H3,(H,25,31)(H,27,28,29,30)/b23-3-,26-10-. The number of hydrogen-bond donors (Lipinski definition) is 3. The second-order valence-electron chi connectivity index (χ2n) is 7.17. The molecule has 31 heavy (non-hydrogen) atoms. The normalized spacial score (nSPS) is 16.3. The summed E-state index contributed by atoms with van der Waals surface area (Å²) < 4.78 is 37.6. The number of aromatic nitrogens is 4. The van der Waals surface area contributed by atoms with Gasteiger partial charge in [-0.25, -0.2) is 20.0 Å². The van der Waals surface area contributed by atoms with Crippen LogP contribution in [0.15, 0.2) is 22.5 Å². The molecule has 0 radical (unpaired) electrons. The van der Waals surface area contributed by atoms with Crippen LogP contribution in [0.4, 0.5) is 24.9 Å². The van der Waals surface area contributed by atoms with Crippen LogP contribution in [0, 0.1) is 6.92 Å². The van der Waals surface area contributed by atoms with Crippen molar-refractivity contribution in [3.63, 3.8) is 0 Å². The zero-order chi connectivity index (χ0) is 22.5. The second-order valence-corrected chi connectivity index (χ2v) is 7.17. The Hall–Kier alpha value is -3.31. The summed E-state index contributed by atoms with van der Waals surface area (Å²) in [5, 5.41) is 4.95. The van der Waals surface area contributed by atoms with Crippen LogP contribution in [0.25, 0.3) is 11.4 Å². The largest absolute Gasteiger partial charge is 0.405 e. The fourth-order valence-electron chi connectivity index (χ4n) is 3.45. The Bertz CT molecular complexity index is 977. The van der Waals surface area contributed by atoms with E-state index in [2.05, 4.69) is 35.2 Å². The van der Waals surface area contributed by atoms with E-state index in [1.54, 1.807) is 19.3 Å². The summed E-state index contributed by atoms with van der Waals surface area (Å²) in [5.41, 5.74) is 0.281. The third-order valence-corrected chi connectivity index (χ3v) is 5.02. The van der Waals surface area contributed by atoms with E-state index >= 15 is 0 Å². The molecule has 1 aliphatic rings. The highest BCUT2D eigenvalue weighted by molar-refractivity contribution is 5.89. The van der Waals surface area contributed by atoms with Gasteiger partial charge in [0.1, 0.15) is 30.6 Å². The van der Waals surface area contributed by atoms with Crippen molar-refractivity contribution in [2.75, 3.05) is 11.9 Å². The van der Waals surface area contributed by atoms with Crippen molar-refractivity contribution in [3.05, 3.63) is 18.1 Å². The van der Waals surface area contributed by atoms with E-state index in [1.165, 1.54) is 12.7 Å². The van der Waals surface area contributed by atoms with Gasteiger partial charge < -0.3 is 15.6 Å². The van der Waals surface area contributed by atoms with E-state index in [1.807, 2.05) is 12.2 Å². The van der Waals surface area contributed by atoms with E-state index in [4.69, 9.17) is 0 Å². The van der Waals surface area contributed by atoms with Crippen molar-refractivity contribution in [3.8, 4) is 11.4 Å². The van der Waals surface area contributed by atoms with Crippen LogP contribution in [0.1, 0.15) is 38.2 Å². The van der Waals surface area contributed by atoms with Crippen LogP contribution in [-0.2, 0) is 4.79 Å². The Kier molecular flexibility index (Phi) is 6.66. The Morgan fingerprint density at radius 2 is 2.06 bits per heavy atom. The molecule has 2 aromatic heterocycles. The first-order chi connectivity index (χ1) is 14.7. The summed E-state index contributed by atoms with van der Waals surface area (Å²) in [4.78, 5) is 36.3. The number of carbonyl (C=O) groups excluding carboxylic acids is 1. The SMILES string of the molecule is C/C=N\C=N/c1[nH]cc(-c2ncnc(NC3(C(=O)NCC(F)(F)F)CCCC3)n2)c1C. The minimum atomic E-state index is -4.48. The first-order valence-corrected chi connectivity index (χ1v) is 9.75. The van der Waals surface area contributed by atoms with Crippen molar-refractivity contribution in [1.82, 2.24) is 25.3 Å². The average Bonchev–Trinajstić information content (AvgIpc) is 3.34. The number of H-pyrrole nitrogens is 1. The van der Waals surface area contributed by atoms with Crippen molar-refractivity contribution in [2.45, 2.75) is 51.2 Å². The average molecular weight is 436 g/mol. The summed E-state index contributed by atoms with van der Waals surface area (Å²) in [6.45, 7) is 2.23. The van der Waals surface area contributed by atoms with E-state index in [0.717, 1.165) is 5.56 Å². The van der Waals surface area contributed by atoms with Gasteiger partial charge in [0.05, 0.1) is 0 Å². The number of carbonyl (C=O) groups is 1. The lowest BCUT2D eigenvalue weighted by Gasteiger charge is -2.29. The van der Waals surface area contributed by atoms with Crippen LogP contribution >= 0.6 is 0 Å². The van der Waals surface area contributed by atoms with Crippen molar-refractivity contribution < 1.29 is 18.0 Å². The number of alkyl halides is 3. The molecule has 166 valence electrons. The van der Waals surface area contributed by atoms with E-state index in [0.29, 0.717) is 42.9 Å². The van der Waals surface area contributed by atoms with Crippen LogP contribution in [0.2, 0.25) is 0 Å². The first kappa shape index (κ1) is 22.4. The lowest BCUT2D eigenvalue weighted by Crippen LogP contribution is -2.52. The Morgan fingerprint density at radius 1 is 1.32 bits per heavy atom. The monoisotopic (exact) mass is 436 g/mol. The Balaban J connectivity index is 1.82. The number of hydrogen-bond acceptors (Lipinski definition) is 6. The molecule has 0 aliphatic heterocycles. The molecule has 1 saturated carbocycles. The molecule has 0 spiro atoms. The molecule has 3 rings (SSSR count).